The maximum absolute atomic E-state index is 12.5. The molecule has 0 atom stereocenters. The van der Waals surface area contributed by atoms with Gasteiger partial charge in [-0.2, -0.15) is 0 Å². The molecule has 1 aromatic carbocycles. The number of amides is 2. The fourth-order valence-corrected chi connectivity index (χ4v) is 3.13. The zero-order valence-electron chi connectivity index (χ0n) is 12.0. The molecule has 0 bridgehead atoms. The van der Waals surface area contributed by atoms with Crippen LogP contribution in [-0.2, 0) is 9.59 Å². The molecule has 0 unspecified atom stereocenters. The zero-order chi connectivity index (χ0) is 15.9. The third-order valence-electron chi connectivity index (χ3n) is 3.35. The number of hydrogen-bond acceptors (Lipinski definition) is 3. The van der Waals surface area contributed by atoms with E-state index in [4.69, 9.17) is 11.6 Å². The maximum Gasteiger partial charge on any atom is 0.282 e. The summed E-state index contributed by atoms with van der Waals surface area (Å²) < 4.78 is 0. The average Bonchev–Trinajstić information content (AvgIpc) is 3.00. The summed E-state index contributed by atoms with van der Waals surface area (Å²) in [7, 11) is 0. The third-order valence-corrected chi connectivity index (χ3v) is 4.71. The van der Waals surface area contributed by atoms with Crippen LogP contribution in [0, 0.1) is 13.8 Å². The molecule has 1 fully saturated rings. The molecular formula is C16H13ClN2O2S. The van der Waals surface area contributed by atoms with Crippen molar-refractivity contribution >= 4 is 46.5 Å². The van der Waals surface area contributed by atoms with Crippen LogP contribution in [0.4, 0.5) is 5.69 Å². The van der Waals surface area contributed by atoms with Crippen LogP contribution >= 0.6 is 22.9 Å². The first kappa shape index (κ1) is 14.8. The van der Waals surface area contributed by atoms with E-state index in [0.29, 0.717) is 10.7 Å². The SMILES string of the molecule is Cc1ccc(/C=C2/C(=O)NN(c3ccc(C)c(Cl)c3)C2=O)s1. The molecule has 2 aromatic rings. The lowest BCUT2D eigenvalue weighted by Gasteiger charge is -2.15. The topological polar surface area (TPSA) is 49.4 Å². The van der Waals surface area contributed by atoms with Gasteiger partial charge in [0.15, 0.2) is 0 Å². The van der Waals surface area contributed by atoms with E-state index in [1.165, 1.54) is 16.3 Å². The number of hydrogen-bond donors (Lipinski definition) is 1. The van der Waals surface area contributed by atoms with Gasteiger partial charge in [-0.1, -0.05) is 17.7 Å². The second-order valence-electron chi connectivity index (χ2n) is 5.02. The molecule has 1 N–H and O–H groups in total. The number of anilines is 1. The molecule has 4 nitrogen and oxygen atoms in total. The standard InChI is InChI=1S/C16H13ClN2O2S/c1-9-3-5-11(7-14(9)17)19-16(21)13(15(20)18-19)8-12-6-4-10(2)22-12/h3-8H,1-2H3,(H,18,20)/b13-8-. The van der Waals surface area contributed by atoms with E-state index in [1.54, 1.807) is 24.3 Å². The number of thiophene rings is 1. The summed E-state index contributed by atoms with van der Waals surface area (Å²) in [6.07, 6.45) is 1.62. The van der Waals surface area contributed by atoms with Crippen LogP contribution in [0.1, 0.15) is 15.3 Å². The van der Waals surface area contributed by atoms with Gasteiger partial charge in [0, 0.05) is 14.8 Å². The summed E-state index contributed by atoms with van der Waals surface area (Å²) in [5.41, 5.74) is 4.14. The number of nitrogens with one attached hydrogen (secondary N) is 1. The molecule has 22 heavy (non-hydrogen) atoms. The number of aryl methyl sites for hydroxylation is 2. The Morgan fingerprint density at radius 1 is 1.18 bits per heavy atom. The fourth-order valence-electron chi connectivity index (χ4n) is 2.13. The van der Waals surface area contributed by atoms with Crippen molar-refractivity contribution in [3.05, 3.63) is 56.2 Å². The highest BCUT2D eigenvalue weighted by Gasteiger charge is 2.34. The Morgan fingerprint density at radius 3 is 2.59 bits per heavy atom. The summed E-state index contributed by atoms with van der Waals surface area (Å²) in [6, 6.07) is 9.05. The molecular weight excluding hydrogens is 320 g/mol. The number of hydrazine groups is 1. The van der Waals surface area contributed by atoms with Gasteiger partial charge < -0.3 is 0 Å². The lowest BCUT2D eigenvalue weighted by atomic mass is 10.2. The van der Waals surface area contributed by atoms with Gasteiger partial charge in [-0.05, 0) is 49.8 Å². The molecule has 1 aliphatic rings. The van der Waals surface area contributed by atoms with Gasteiger partial charge in [0.25, 0.3) is 11.8 Å². The van der Waals surface area contributed by atoms with Crippen LogP contribution in [0.3, 0.4) is 0 Å². The van der Waals surface area contributed by atoms with Gasteiger partial charge in [-0.15, -0.1) is 11.3 Å². The van der Waals surface area contributed by atoms with Gasteiger partial charge in [-0.3, -0.25) is 15.0 Å². The number of carbonyl (C=O) groups excluding carboxylic acids is 2. The summed E-state index contributed by atoms with van der Waals surface area (Å²) in [4.78, 5) is 26.5. The lowest BCUT2D eigenvalue weighted by Crippen LogP contribution is -2.35. The summed E-state index contributed by atoms with van der Waals surface area (Å²) in [5, 5.41) is 1.77. The van der Waals surface area contributed by atoms with Crippen molar-refractivity contribution in [1.82, 2.24) is 5.43 Å². The van der Waals surface area contributed by atoms with Crippen molar-refractivity contribution in [3.63, 3.8) is 0 Å². The smallest absolute Gasteiger partial charge is 0.267 e. The highest BCUT2D eigenvalue weighted by Crippen LogP contribution is 2.27. The van der Waals surface area contributed by atoms with Gasteiger partial charge in [0.05, 0.1) is 5.69 Å². The Morgan fingerprint density at radius 2 is 1.95 bits per heavy atom. The number of carbonyl (C=O) groups is 2. The van der Waals surface area contributed by atoms with Gasteiger partial charge in [0.2, 0.25) is 0 Å². The number of halogens is 1. The second-order valence-corrected chi connectivity index (χ2v) is 6.75. The monoisotopic (exact) mass is 332 g/mol. The van der Waals surface area contributed by atoms with Crippen LogP contribution in [0.15, 0.2) is 35.9 Å². The number of benzene rings is 1. The van der Waals surface area contributed by atoms with Crippen LogP contribution in [-0.4, -0.2) is 11.8 Å². The quantitative estimate of drug-likeness (QED) is 0.676. The van der Waals surface area contributed by atoms with Crippen LogP contribution < -0.4 is 10.4 Å². The predicted molar refractivity (Wildman–Crippen MR) is 88.9 cm³/mol. The fraction of sp³-hybridized carbons (Fsp3) is 0.125. The summed E-state index contributed by atoms with van der Waals surface area (Å²) in [6.45, 7) is 3.85. The molecule has 2 heterocycles. The molecule has 1 saturated heterocycles. The molecule has 0 aliphatic carbocycles. The van der Waals surface area contributed by atoms with E-state index in [-0.39, 0.29) is 11.5 Å². The van der Waals surface area contributed by atoms with Gasteiger partial charge in [0.1, 0.15) is 5.57 Å². The Bertz CT molecular complexity index is 810. The Kier molecular flexibility index (Phi) is 3.76. The normalized spacial score (nSPS) is 16.5. The van der Waals surface area contributed by atoms with Crippen molar-refractivity contribution in [1.29, 1.82) is 0 Å². The van der Waals surface area contributed by atoms with E-state index >= 15 is 0 Å². The molecule has 1 aromatic heterocycles. The minimum absolute atomic E-state index is 0.124. The molecule has 2 amide bonds. The van der Waals surface area contributed by atoms with E-state index in [2.05, 4.69) is 5.43 Å². The number of nitrogens with zero attached hydrogens (tertiary/aromatic N) is 1. The molecule has 112 valence electrons. The average molecular weight is 333 g/mol. The van der Waals surface area contributed by atoms with Crippen molar-refractivity contribution in [2.24, 2.45) is 0 Å². The summed E-state index contributed by atoms with van der Waals surface area (Å²) in [5.74, 6) is -0.788. The van der Waals surface area contributed by atoms with Crippen molar-refractivity contribution in [3.8, 4) is 0 Å². The lowest BCUT2D eigenvalue weighted by molar-refractivity contribution is -0.117. The molecule has 0 radical (unpaired) electrons. The van der Waals surface area contributed by atoms with E-state index in [0.717, 1.165) is 15.3 Å². The number of rotatable bonds is 2. The van der Waals surface area contributed by atoms with Crippen LogP contribution in [0.5, 0.6) is 0 Å². The highest BCUT2D eigenvalue weighted by atomic mass is 35.5. The van der Waals surface area contributed by atoms with Crippen molar-refractivity contribution < 1.29 is 9.59 Å². The van der Waals surface area contributed by atoms with E-state index < -0.39 is 5.91 Å². The van der Waals surface area contributed by atoms with Gasteiger partial charge >= 0.3 is 0 Å². The molecule has 6 heteroatoms. The molecule has 0 saturated carbocycles. The van der Waals surface area contributed by atoms with Crippen molar-refractivity contribution in [2.75, 3.05) is 5.01 Å². The first-order valence-corrected chi connectivity index (χ1v) is 7.85. The second kappa shape index (κ2) is 5.59. The van der Waals surface area contributed by atoms with E-state index in [9.17, 15) is 9.59 Å². The Labute approximate surface area is 137 Å². The zero-order valence-corrected chi connectivity index (χ0v) is 13.6. The molecule has 3 rings (SSSR count). The minimum atomic E-state index is -0.409. The predicted octanol–water partition coefficient (Wildman–Crippen LogP) is 3.48. The molecule has 0 spiro atoms. The van der Waals surface area contributed by atoms with E-state index in [1.807, 2.05) is 26.0 Å². The van der Waals surface area contributed by atoms with Crippen molar-refractivity contribution in [2.45, 2.75) is 13.8 Å². The Hall–Kier alpha value is -2.11. The largest absolute Gasteiger partial charge is 0.282 e. The maximum atomic E-state index is 12.5. The van der Waals surface area contributed by atoms with Crippen LogP contribution in [0.25, 0.3) is 6.08 Å². The molecule has 1 aliphatic heterocycles. The Balaban J connectivity index is 1.94. The first-order chi connectivity index (χ1) is 10.5. The first-order valence-electron chi connectivity index (χ1n) is 6.65. The summed E-state index contributed by atoms with van der Waals surface area (Å²) >= 11 is 7.61. The highest BCUT2D eigenvalue weighted by molar-refractivity contribution is 7.12. The van der Waals surface area contributed by atoms with Gasteiger partial charge in [-0.25, -0.2) is 5.01 Å². The minimum Gasteiger partial charge on any atom is -0.267 e. The third kappa shape index (κ3) is 2.65. The van der Waals surface area contributed by atoms with Crippen LogP contribution in [0.2, 0.25) is 5.02 Å².